The maximum atomic E-state index is 11.8. The summed E-state index contributed by atoms with van der Waals surface area (Å²) in [7, 11) is -2.03. The first kappa shape index (κ1) is 27.3. The molecule has 1 amide bonds. The van der Waals surface area contributed by atoms with Gasteiger partial charge in [-0.25, -0.2) is 9.97 Å². The van der Waals surface area contributed by atoms with Crippen molar-refractivity contribution in [2.24, 2.45) is 5.73 Å². The van der Waals surface area contributed by atoms with Crippen LogP contribution in [-0.4, -0.2) is 34.9 Å². The van der Waals surface area contributed by atoms with E-state index in [1.807, 2.05) is 28.8 Å². The third-order valence-electron chi connectivity index (χ3n) is 7.91. The average Bonchev–Trinajstić information content (AvgIpc) is 3.61. The van der Waals surface area contributed by atoms with Crippen molar-refractivity contribution in [3.05, 3.63) is 72.3 Å². The van der Waals surface area contributed by atoms with E-state index < -0.39 is 14.2 Å². The molecule has 0 aliphatic carbocycles. The minimum absolute atomic E-state index is 0.0417. The van der Waals surface area contributed by atoms with Crippen molar-refractivity contribution >= 4 is 46.7 Å². The predicted octanol–water partition coefficient (Wildman–Crippen LogP) is 7.59. The number of carbonyl (C=O) groups excluding carboxylic acids is 1. The van der Waals surface area contributed by atoms with Crippen LogP contribution in [0, 0.1) is 0 Å². The van der Waals surface area contributed by atoms with Crippen LogP contribution in [0.5, 0.6) is 0 Å². The normalized spacial score (nSPS) is 14.2. The molecule has 2 N–H and O–H groups in total. The van der Waals surface area contributed by atoms with Crippen LogP contribution in [0.3, 0.4) is 0 Å². The van der Waals surface area contributed by atoms with Gasteiger partial charge in [0.15, 0.2) is 13.9 Å². The van der Waals surface area contributed by atoms with Gasteiger partial charge in [0.05, 0.1) is 23.4 Å². The number of amides is 1. The van der Waals surface area contributed by atoms with Crippen LogP contribution in [0.1, 0.15) is 56.2 Å². The summed E-state index contributed by atoms with van der Waals surface area (Å²) in [5.74, 6) is 0.108. The minimum atomic E-state index is -2.03. The molecule has 0 saturated carbocycles. The van der Waals surface area contributed by atoms with Crippen molar-refractivity contribution in [3.8, 4) is 10.8 Å². The van der Waals surface area contributed by atoms with Gasteiger partial charge in [-0.3, -0.25) is 4.79 Å². The molecule has 0 aliphatic heterocycles. The number of carbonyl (C=O) groups is 1. The van der Waals surface area contributed by atoms with E-state index in [0.717, 1.165) is 34.4 Å². The number of benzene rings is 2. The van der Waals surface area contributed by atoms with Crippen molar-refractivity contribution in [3.63, 3.8) is 0 Å². The van der Waals surface area contributed by atoms with E-state index in [1.54, 1.807) is 23.9 Å². The summed E-state index contributed by atoms with van der Waals surface area (Å²) in [4.78, 5) is 21.8. The van der Waals surface area contributed by atoms with Crippen LogP contribution < -0.4 is 5.73 Å². The molecule has 5 aromatic rings. The SMILES string of the molecule is C[C@H](O[Si](C)(C)C(C)(C)C)[C@@H](CCc1cccc2nc(-c3cc4ccccc4s3)oc12)n1cnc(C(N)=O)c1. The van der Waals surface area contributed by atoms with E-state index in [2.05, 4.69) is 70.0 Å². The zero-order valence-electron chi connectivity index (χ0n) is 23.4. The Bertz CT molecular complexity index is 1600. The number of para-hydroxylation sites is 1. The minimum Gasteiger partial charge on any atom is -0.435 e. The predicted molar refractivity (Wildman–Crippen MR) is 161 cm³/mol. The summed E-state index contributed by atoms with van der Waals surface area (Å²) in [6, 6.07) is 16.5. The second-order valence-electron chi connectivity index (χ2n) is 11.7. The van der Waals surface area contributed by atoms with Gasteiger partial charge in [0.25, 0.3) is 5.91 Å². The van der Waals surface area contributed by atoms with Gasteiger partial charge in [-0.05, 0) is 67.0 Å². The van der Waals surface area contributed by atoms with Crippen LogP contribution in [-0.2, 0) is 10.8 Å². The lowest BCUT2D eigenvalue weighted by molar-refractivity contribution is 0.0995. The van der Waals surface area contributed by atoms with E-state index in [1.165, 1.54) is 10.1 Å². The number of hydrogen-bond acceptors (Lipinski definition) is 6. The lowest BCUT2D eigenvalue weighted by Gasteiger charge is -2.40. The Balaban J connectivity index is 1.43. The fraction of sp³-hybridized carbons (Fsp3) is 0.367. The molecule has 7 nitrogen and oxygen atoms in total. The highest BCUT2D eigenvalue weighted by molar-refractivity contribution is 7.22. The van der Waals surface area contributed by atoms with Gasteiger partial charge in [-0.15, -0.1) is 11.3 Å². The second-order valence-corrected chi connectivity index (χ2v) is 17.5. The summed E-state index contributed by atoms with van der Waals surface area (Å²) in [5.41, 5.74) is 8.51. The Morgan fingerprint density at radius 2 is 1.95 bits per heavy atom. The number of nitrogens with zero attached hydrogens (tertiary/aromatic N) is 3. The van der Waals surface area contributed by atoms with Gasteiger partial charge >= 0.3 is 0 Å². The molecule has 0 unspecified atom stereocenters. The van der Waals surface area contributed by atoms with Crippen molar-refractivity contribution in [1.29, 1.82) is 0 Å². The van der Waals surface area contributed by atoms with Gasteiger partial charge < -0.3 is 19.1 Å². The molecule has 3 aromatic heterocycles. The van der Waals surface area contributed by atoms with E-state index in [0.29, 0.717) is 5.89 Å². The Kier molecular flexibility index (Phi) is 7.26. The molecular formula is C30H36N4O3SSi. The van der Waals surface area contributed by atoms with Gasteiger partial charge in [-0.2, -0.15) is 0 Å². The maximum absolute atomic E-state index is 11.8. The summed E-state index contributed by atoms with van der Waals surface area (Å²) in [6.45, 7) is 13.3. The van der Waals surface area contributed by atoms with Crippen LogP contribution in [0.15, 0.2) is 65.5 Å². The maximum Gasteiger partial charge on any atom is 0.268 e. The molecule has 0 bridgehead atoms. The van der Waals surface area contributed by atoms with Crippen molar-refractivity contribution in [2.45, 2.75) is 70.8 Å². The highest BCUT2D eigenvalue weighted by atomic mass is 32.1. The number of fused-ring (bicyclic) bond motifs is 2. The van der Waals surface area contributed by atoms with Gasteiger partial charge in [0.1, 0.15) is 11.2 Å². The Morgan fingerprint density at radius 1 is 1.18 bits per heavy atom. The number of imidazole rings is 1. The van der Waals surface area contributed by atoms with Crippen molar-refractivity contribution in [2.75, 3.05) is 0 Å². The molecule has 5 rings (SSSR count). The highest BCUT2D eigenvalue weighted by Crippen LogP contribution is 2.39. The largest absolute Gasteiger partial charge is 0.435 e. The molecule has 0 saturated heterocycles. The number of aromatic nitrogens is 3. The summed E-state index contributed by atoms with van der Waals surface area (Å²) >= 11 is 1.69. The first-order valence-corrected chi connectivity index (χ1v) is 17.0. The average molecular weight is 561 g/mol. The topological polar surface area (TPSA) is 96.2 Å². The standard InChI is InChI=1S/C30H36N4O3SSi/c1-19(37-39(5,6)30(2,3)4)24(34-17-23(28(31)35)32-18-34)15-14-20-11-9-12-22-27(20)36-29(33-22)26-16-21-10-7-8-13-25(21)38-26/h7-13,16-19,24H,14-15H2,1-6H3,(H2,31,35)/t19-,24+/m0/s1. The molecule has 0 spiro atoms. The lowest BCUT2D eigenvalue weighted by Crippen LogP contribution is -2.45. The Morgan fingerprint density at radius 3 is 2.64 bits per heavy atom. The van der Waals surface area contributed by atoms with Crippen molar-refractivity contribution < 1.29 is 13.6 Å². The fourth-order valence-electron chi connectivity index (χ4n) is 4.69. The molecule has 39 heavy (non-hydrogen) atoms. The molecule has 0 aliphatic rings. The summed E-state index contributed by atoms with van der Waals surface area (Å²) < 4.78 is 16.3. The molecule has 3 heterocycles. The number of rotatable bonds is 9. The number of primary amides is 1. The van der Waals surface area contributed by atoms with Crippen LogP contribution in [0.25, 0.3) is 32.0 Å². The molecule has 0 radical (unpaired) electrons. The number of aryl methyl sites for hydroxylation is 1. The zero-order chi connectivity index (χ0) is 27.9. The number of hydrogen-bond donors (Lipinski definition) is 1. The fourth-order valence-corrected chi connectivity index (χ4v) is 7.12. The Labute approximate surface area is 234 Å². The molecule has 2 aromatic carbocycles. The molecule has 2 atom stereocenters. The monoisotopic (exact) mass is 560 g/mol. The smallest absolute Gasteiger partial charge is 0.268 e. The summed E-state index contributed by atoms with van der Waals surface area (Å²) in [6.07, 6.45) is 4.84. The Hall–Kier alpha value is -3.27. The number of thiophene rings is 1. The van der Waals surface area contributed by atoms with Gasteiger partial charge in [-0.1, -0.05) is 51.1 Å². The highest BCUT2D eigenvalue weighted by Gasteiger charge is 2.40. The lowest BCUT2D eigenvalue weighted by atomic mass is 10.0. The number of oxazole rings is 1. The third-order valence-corrected chi connectivity index (χ3v) is 13.6. The molecule has 0 fully saturated rings. The van der Waals surface area contributed by atoms with Crippen molar-refractivity contribution in [1.82, 2.24) is 14.5 Å². The molecular weight excluding hydrogens is 525 g/mol. The van der Waals surface area contributed by atoms with Gasteiger partial charge in [0.2, 0.25) is 5.89 Å². The van der Waals surface area contributed by atoms with E-state index in [-0.39, 0.29) is 22.9 Å². The van der Waals surface area contributed by atoms with Crippen LogP contribution in [0.4, 0.5) is 0 Å². The third kappa shape index (κ3) is 5.57. The molecule has 204 valence electrons. The second kappa shape index (κ2) is 10.4. The summed E-state index contributed by atoms with van der Waals surface area (Å²) in [5, 5.41) is 1.27. The quantitative estimate of drug-likeness (QED) is 0.187. The van der Waals surface area contributed by atoms with E-state index in [9.17, 15) is 4.79 Å². The van der Waals surface area contributed by atoms with E-state index >= 15 is 0 Å². The van der Waals surface area contributed by atoms with E-state index in [4.69, 9.17) is 19.6 Å². The van der Waals surface area contributed by atoms with Crippen LogP contribution >= 0.6 is 11.3 Å². The van der Waals surface area contributed by atoms with Gasteiger partial charge in [0, 0.05) is 10.9 Å². The number of nitrogens with two attached hydrogens (primary N) is 1. The molecule has 9 heteroatoms. The first-order chi connectivity index (χ1) is 18.4. The first-order valence-electron chi connectivity index (χ1n) is 13.3. The van der Waals surface area contributed by atoms with Crippen LogP contribution in [0.2, 0.25) is 18.1 Å². The zero-order valence-corrected chi connectivity index (χ0v) is 25.2.